The van der Waals surface area contributed by atoms with Gasteiger partial charge in [-0.05, 0) is 12.8 Å². The van der Waals surface area contributed by atoms with Crippen LogP contribution in [0, 0.1) is 0 Å². The SMILES string of the molecule is COC(=O)C[C@H](NC1CCCCC1)C(=O)O. The maximum Gasteiger partial charge on any atom is 0.321 e. The van der Waals surface area contributed by atoms with Crippen molar-refractivity contribution in [1.29, 1.82) is 0 Å². The molecule has 0 aromatic rings. The number of hydrogen-bond donors (Lipinski definition) is 2. The lowest BCUT2D eigenvalue weighted by molar-refractivity contribution is -0.148. The van der Waals surface area contributed by atoms with Gasteiger partial charge in [0.05, 0.1) is 13.5 Å². The number of esters is 1. The molecule has 0 bridgehead atoms. The summed E-state index contributed by atoms with van der Waals surface area (Å²) in [6.07, 6.45) is 5.34. The summed E-state index contributed by atoms with van der Waals surface area (Å²) in [5, 5.41) is 12.0. The monoisotopic (exact) mass is 229 g/mol. The average molecular weight is 229 g/mol. The molecule has 0 aromatic heterocycles. The second kappa shape index (κ2) is 6.48. The minimum Gasteiger partial charge on any atom is -0.480 e. The van der Waals surface area contributed by atoms with Gasteiger partial charge in [-0.3, -0.25) is 9.59 Å². The van der Waals surface area contributed by atoms with Crippen molar-refractivity contribution in [3.63, 3.8) is 0 Å². The second-order valence-electron chi connectivity index (χ2n) is 4.17. The van der Waals surface area contributed by atoms with Gasteiger partial charge < -0.3 is 15.2 Å². The lowest BCUT2D eigenvalue weighted by Crippen LogP contribution is -2.45. The zero-order valence-corrected chi connectivity index (χ0v) is 9.57. The fourth-order valence-electron chi connectivity index (χ4n) is 2.02. The van der Waals surface area contributed by atoms with Crippen molar-refractivity contribution in [3.8, 4) is 0 Å². The quantitative estimate of drug-likeness (QED) is 0.686. The first-order chi connectivity index (χ1) is 7.63. The molecule has 92 valence electrons. The van der Waals surface area contributed by atoms with Gasteiger partial charge in [-0.1, -0.05) is 19.3 Å². The van der Waals surface area contributed by atoms with Crippen LogP contribution in [0.1, 0.15) is 38.5 Å². The van der Waals surface area contributed by atoms with Crippen LogP contribution in [0.15, 0.2) is 0 Å². The van der Waals surface area contributed by atoms with E-state index in [4.69, 9.17) is 5.11 Å². The average Bonchev–Trinajstić information content (AvgIpc) is 2.29. The molecule has 0 aliphatic heterocycles. The van der Waals surface area contributed by atoms with Gasteiger partial charge in [0.1, 0.15) is 6.04 Å². The van der Waals surface area contributed by atoms with Gasteiger partial charge >= 0.3 is 11.9 Å². The molecule has 1 rings (SSSR count). The molecule has 0 unspecified atom stereocenters. The summed E-state index contributed by atoms with van der Waals surface area (Å²) in [6, 6.07) is -0.602. The molecule has 5 nitrogen and oxygen atoms in total. The lowest BCUT2D eigenvalue weighted by atomic mass is 9.94. The molecule has 0 saturated heterocycles. The Labute approximate surface area is 95.2 Å². The van der Waals surface area contributed by atoms with Crippen molar-refractivity contribution < 1.29 is 19.4 Å². The molecule has 0 radical (unpaired) electrons. The van der Waals surface area contributed by atoms with Crippen molar-refractivity contribution in [2.75, 3.05) is 7.11 Å². The van der Waals surface area contributed by atoms with Crippen LogP contribution in [0.3, 0.4) is 0 Å². The largest absolute Gasteiger partial charge is 0.480 e. The Balaban J connectivity index is 2.43. The highest BCUT2D eigenvalue weighted by atomic mass is 16.5. The maximum atomic E-state index is 11.0. The third kappa shape index (κ3) is 4.18. The van der Waals surface area contributed by atoms with Crippen molar-refractivity contribution >= 4 is 11.9 Å². The van der Waals surface area contributed by atoms with E-state index in [-0.39, 0.29) is 12.5 Å². The Kier molecular flexibility index (Phi) is 5.25. The molecule has 1 aliphatic rings. The van der Waals surface area contributed by atoms with Crippen LogP contribution < -0.4 is 5.32 Å². The number of hydrogen-bond acceptors (Lipinski definition) is 4. The van der Waals surface area contributed by atoms with E-state index in [0.29, 0.717) is 0 Å². The van der Waals surface area contributed by atoms with Gasteiger partial charge in [0.2, 0.25) is 0 Å². The molecule has 16 heavy (non-hydrogen) atoms. The van der Waals surface area contributed by atoms with Gasteiger partial charge in [0.15, 0.2) is 0 Å². The van der Waals surface area contributed by atoms with Crippen LogP contribution in [0.5, 0.6) is 0 Å². The highest BCUT2D eigenvalue weighted by molar-refractivity contribution is 5.81. The number of methoxy groups -OCH3 is 1. The molecule has 5 heteroatoms. The zero-order valence-electron chi connectivity index (χ0n) is 9.57. The van der Waals surface area contributed by atoms with E-state index in [1.807, 2.05) is 0 Å². The molecule has 1 aliphatic carbocycles. The number of carbonyl (C=O) groups excluding carboxylic acids is 1. The summed E-state index contributed by atoms with van der Waals surface area (Å²) >= 11 is 0. The smallest absolute Gasteiger partial charge is 0.321 e. The van der Waals surface area contributed by atoms with Gasteiger partial charge in [0, 0.05) is 6.04 Å². The summed E-state index contributed by atoms with van der Waals surface area (Å²) in [5.41, 5.74) is 0. The van der Waals surface area contributed by atoms with E-state index in [0.717, 1.165) is 25.7 Å². The molecule has 0 heterocycles. The maximum absolute atomic E-state index is 11.0. The molecule has 0 spiro atoms. The summed E-state index contributed by atoms with van der Waals surface area (Å²) < 4.78 is 4.48. The molecule has 1 atom stereocenters. The number of ether oxygens (including phenoxy) is 1. The molecular formula is C11H19NO4. The first kappa shape index (κ1) is 13.0. The van der Waals surface area contributed by atoms with E-state index in [9.17, 15) is 9.59 Å². The molecule has 1 saturated carbocycles. The molecule has 0 amide bonds. The highest BCUT2D eigenvalue weighted by Crippen LogP contribution is 2.18. The lowest BCUT2D eigenvalue weighted by Gasteiger charge is -2.26. The molecule has 1 fully saturated rings. The van der Waals surface area contributed by atoms with Crippen LogP contribution in [0.4, 0.5) is 0 Å². The number of aliphatic carboxylic acids is 1. The van der Waals surface area contributed by atoms with Crippen molar-refractivity contribution in [2.45, 2.75) is 50.6 Å². The van der Waals surface area contributed by atoms with Gasteiger partial charge in [0.25, 0.3) is 0 Å². The number of rotatable bonds is 5. The molecular weight excluding hydrogens is 210 g/mol. The summed E-state index contributed by atoms with van der Waals surface area (Å²) in [7, 11) is 1.27. The highest BCUT2D eigenvalue weighted by Gasteiger charge is 2.25. The fraction of sp³-hybridized carbons (Fsp3) is 0.818. The summed E-state index contributed by atoms with van der Waals surface area (Å²) in [6.45, 7) is 0. The van der Waals surface area contributed by atoms with E-state index < -0.39 is 18.0 Å². The third-order valence-electron chi connectivity index (χ3n) is 2.94. The summed E-state index contributed by atoms with van der Waals surface area (Å²) in [4.78, 5) is 22.0. The van der Waals surface area contributed by atoms with Crippen LogP contribution in [0.2, 0.25) is 0 Å². The van der Waals surface area contributed by atoms with Gasteiger partial charge in [-0.15, -0.1) is 0 Å². The van der Waals surface area contributed by atoms with Crippen molar-refractivity contribution in [1.82, 2.24) is 5.32 Å². The number of carboxylic acid groups (broad SMARTS) is 1. The number of nitrogens with one attached hydrogen (secondary N) is 1. The molecule has 2 N–H and O–H groups in total. The van der Waals surface area contributed by atoms with Crippen LogP contribution in [-0.2, 0) is 14.3 Å². The topological polar surface area (TPSA) is 75.6 Å². The third-order valence-corrected chi connectivity index (χ3v) is 2.94. The standard InChI is InChI=1S/C11H19NO4/c1-16-10(13)7-9(11(14)15)12-8-5-3-2-4-6-8/h8-9,12H,2-7H2,1H3,(H,14,15)/t9-/m0/s1. The first-order valence-corrected chi connectivity index (χ1v) is 5.69. The second-order valence-corrected chi connectivity index (χ2v) is 4.17. The Morgan fingerprint density at radius 1 is 1.38 bits per heavy atom. The Bertz CT molecular complexity index is 248. The van der Waals surface area contributed by atoms with E-state index in [1.165, 1.54) is 13.5 Å². The Morgan fingerprint density at radius 3 is 2.50 bits per heavy atom. The minimum atomic E-state index is -0.990. The first-order valence-electron chi connectivity index (χ1n) is 5.69. The van der Waals surface area contributed by atoms with Crippen LogP contribution in [-0.4, -0.2) is 36.2 Å². The Hall–Kier alpha value is -1.10. The molecule has 0 aromatic carbocycles. The number of carboxylic acids is 1. The van der Waals surface area contributed by atoms with E-state index in [1.54, 1.807) is 0 Å². The fourth-order valence-corrected chi connectivity index (χ4v) is 2.02. The van der Waals surface area contributed by atoms with Crippen molar-refractivity contribution in [3.05, 3.63) is 0 Å². The van der Waals surface area contributed by atoms with Crippen LogP contribution >= 0.6 is 0 Å². The van der Waals surface area contributed by atoms with E-state index in [2.05, 4.69) is 10.1 Å². The van der Waals surface area contributed by atoms with Gasteiger partial charge in [-0.25, -0.2) is 0 Å². The van der Waals surface area contributed by atoms with Crippen LogP contribution in [0.25, 0.3) is 0 Å². The Morgan fingerprint density at radius 2 is 2.00 bits per heavy atom. The normalized spacial score (nSPS) is 19.1. The zero-order chi connectivity index (χ0) is 12.0. The number of carbonyl (C=O) groups is 2. The van der Waals surface area contributed by atoms with E-state index >= 15 is 0 Å². The minimum absolute atomic E-state index is 0.109. The predicted molar refractivity (Wildman–Crippen MR) is 58.1 cm³/mol. The summed E-state index contributed by atoms with van der Waals surface area (Å²) in [5.74, 6) is -1.48. The van der Waals surface area contributed by atoms with Crippen molar-refractivity contribution in [2.24, 2.45) is 0 Å². The van der Waals surface area contributed by atoms with Gasteiger partial charge in [-0.2, -0.15) is 0 Å². The predicted octanol–water partition coefficient (Wildman–Crippen LogP) is 0.925.